The fourth-order valence-electron chi connectivity index (χ4n) is 3.27. The number of methoxy groups -OCH3 is 1. The van der Waals surface area contributed by atoms with Crippen molar-refractivity contribution in [3.63, 3.8) is 0 Å². The van der Waals surface area contributed by atoms with Gasteiger partial charge >= 0.3 is 12.1 Å². The SMILES string of the molecule is COC(=O)[C@@H](CCCCC#N)NC(=O)[C@H]1CCCN1C(=O)OCc1ccccc1. The maximum absolute atomic E-state index is 12.7. The maximum atomic E-state index is 12.7. The van der Waals surface area contributed by atoms with E-state index in [0.29, 0.717) is 45.1 Å². The molecule has 0 bridgehead atoms. The van der Waals surface area contributed by atoms with Gasteiger partial charge in [-0.05, 0) is 37.7 Å². The minimum atomic E-state index is -0.797. The Labute approximate surface area is 170 Å². The van der Waals surface area contributed by atoms with Gasteiger partial charge in [0.1, 0.15) is 18.7 Å². The van der Waals surface area contributed by atoms with E-state index in [0.717, 1.165) is 5.56 Å². The predicted octanol–water partition coefficient (Wildman–Crippen LogP) is 2.53. The van der Waals surface area contributed by atoms with Crippen LogP contribution in [0, 0.1) is 11.3 Å². The number of nitriles is 1. The van der Waals surface area contributed by atoms with Crippen LogP contribution < -0.4 is 5.32 Å². The van der Waals surface area contributed by atoms with Crippen LogP contribution in [0.4, 0.5) is 4.79 Å². The highest BCUT2D eigenvalue weighted by Crippen LogP contribution is 2.20. The Morgan fingerprint density at radius 1 is 1.28 bits per heavy atom. The second kappa shape index (κ2) is 11.7. The summed E-state index contributed by atoms with van der Waals surface area (Å²) in [5.74, 6) is -0.929. The van der Waals surface area contributed by atoms with Gasteiger partial charge < -0.3 is 14.8 Å². The van der Waals surface area contributed by atoms with Crippen LogP contribution >= 0.6 is 0 Å². The zero-order valence-corrected chi connectivity index (χ0v) is 16.6. The fraction of sp³-hybridized carbons (Fsp3) is 0.524. The third-order valence-corrected chi connectivity index (χ3v) is 4.83. The Kier molecular flexibility index (Phi) is 8.96. The van der Waals surface area contributed by atoms with Crippen molar-refractivity contribution in [1.82, 2.24) is 10.2 Å². The lowest BCUT2D eigenvalue weighted by Crippen LogP contribution is -2.51. The molecule has 8 nitrogen and oxygen atoms in total. The molecule has 0 unspecified atom stereocenters. The topological polar surface area (TPSA) is 109 Å². The number of rotatable bonds is 9. The van der Waals surface area contributed by atoms with Gasteiger partial charge in [0.15, 0.2) is 0 Å². The first-order valence-corrected chi connectivity index (χ1v) is 9.79. The maximum Gasteiger partial charge on any atom is 0.410 e. The van der Waals surface area contributed by atoms with Crippen LogP contribution in [0.25, 0.3) is 0 Å². The lowest BCUT2D eigenvalue weighted by Gasteiger charge is -2.25. The van der Waals surface area contributed by atoms with E-state index in [1.165, 1.54) is 12.0 Å². The average molecular weight is 401 g/mol. The highest BCUT2D eigenvalue weighted by Gasteiger charge is 2.36. The molecule has 0 saturated carbocycles. The number of hydrogen-bond acceptors (Lipinski definition) is 6. The van der Waals surface area contributed by atoms with Gasteiger partial charge in [0.05, 0.1) is 13.2 Å². The summed E-state index contributed by atoms with van der Waals surface area (Å²) in [5.41, 5.74) is 0.865. The molecule has 1 heterocycles. The highest BCUT2D eigenvalue weighted by molar-refractivity contribution is 5.90. The zero-order chi connectivity index (χ0) is 21.1. The van der Waals surface area contributed by atoms with Gasteiger partial charge in [-0.15, -0.1) is 0 Å². The predicted molar refractivity (Wildman–Crippen MR) is 104 cm³/mol. The monoisotopic (exact) mass is 401 g/mol. The number of nitrogens with one attached hydrogen (secondary N) is 1. The molecule has 2 amide bonds. The van der Waals surface area contributed by atoms with E-state index in [2.05, 4.69) is 11.4 Å². The molecule has 1 aromatic carbocycles. The number of amides is 2. The van der Waals surface area contributed by atoms with E-state index in [-0.39, 0.29) is 6.61 Å². The Morgan fingerprint density at radius 2 is 2.03 bits per heavy atom. The number of likely N-dealkylation sites (tertiary alicyclic amines) is 1. The lowest BCUT2D eigenvalue weighted by molar-refractivity contribution is -0.145. The average Bonchev–Trinajstić information content (AvgIpc) is 3.24. The van der Waals surface area contributed by atoms with Crippen LogP contribution in [0.5, 0.6) is 0 Å². The number of nitrogens with zero attached hydrogens (tertiary/aromatic N) is 2. The first-order valence-electron chi connectivity index (χ1n) is 9.79. The van der Waals surface area contributed by atoms with Gasteiger partial charge in [-0.1, -0.05) is 30.3 Å². The first kappa shape index (κ1) is 22.2. The summed E-state index contributed by atoms with van der Waals surface area (Å²) < 4.78 is 10.1. The molecule has 1 aliphatic heterocycles. The molecule has 2 atom stereocenters. The van der Waals surface area contributed by atoms with Gasteiger partial charge in [0.2, 0.25) is 5.91 Å². The standard InChI is InChI=1S/C21H27N3O5/c1-28-20(26)17(11-6-3-7-13-22)23-19(25)18-12-8-14-24(18)21(27)29-15-16-9-4-2-5-10-16/h2,4-5,9-10,17-18H,3,6-8,11-12,14-15H2,1H3,(H,23,25)/t17-,18-/m1/s1. The molecular weight excluding hydrogens is 374 g/mol. The van der Waals surface area contributed by atoms with Crippen LogP contribution in [-0.2, 0) is 25.7 Å². The van der Waals surface area contributed by atoms with Crippen molar-refractivity contribution in [2.75, 3.05) is 13.7 Å². The smallest absolute Gasteiger partial charge is 0.410 e. The van der Waals surface area contributed by atoms with Crippen LogP contribution in [-0.4, -0.2) is 48.6 Å². The van der Waals surface area contributed by atoms with E-state index in [1.54, 1.807) is 0 Å². The van der Waals surface area contributed by atoms with Crippen molar-refractivity contribution >= 4 is 18.0 Å². The molecule has 1 fully saturated rings. The van der Waals surface area contributed by atoms with Crippen molar-refractivity contribution in [2.24, 2.45) is 0 Å². The molecule has 1 saturated heterocycles. The number of ether oxygens (including phenoxy) is 2. The number of carbonyl (C=O) groups is 3. The Balaban J connectivity index is 1.91. The number of unbranched alkanes of at least 4 members (excludes halogenated alkanes) is 2. The number of benzene rings is 1. The van der Waals surface area contributed by atoms with Crippen molar-refractivity contribution in [1.29, 1.82) is 5.26 Å². The molecule has 29 heavy (non-hydrogen) atoms. The molecule has 8 heteroatoms. The highest BCUT2D eigenvalue weighted by atomic mass is 16.6. The summed E-state index contributed by atoms with van der Waals surface area (Å²) in [5, 5.41) is 11.3. The lowest BCUT2D eigenvalue weighted by atomic mass is 10.1. The molecule has 0 aliphatic carbocycles. The van der Waals surface area contributed by atoms with Crippen molar-refractivity contribution in [3.05, 3.63) is 35.9 Å². The minimum Gasteiger partial charge on any atom is -0.467 e. The Morgan fingerprint density at radius 3 is 2.72 bits per heavy atom. The molecule has 1 aliphatic rings. The van der Waals surface area contributed by atoms with Crippen molar-refractivity contribution < 1.29 is 23.9 Å². The summed E-state index contributed by atoms with van der Waals surface area (Å²) in [7, 11) is 1.26. The zero-order valence-electron chi connectivity index (χ0n) is 16.6. The van der Waals surface area contributed by atoms with E-state index in [4.69, 9.17) is 14.7 Å². The van der Waals surface area contributed by atoms with Crippen molar-refractivity contribution in [2.45, 2.75) is 57.2 Å². The van der Waals surface area contributed by atoms with Gasteiger partial charge in [-0.2, -0.15) is 5.26 Å². The molecular formula is C21H27N3O5. The van der Waals surface area contributed by atoms with Gasteiger partial charge in [0.25, 0.3) is 0 Å². The van der Waals surface area contributed by atoms with Crippen LogP contribution in [0.1, 0.15) is 44.1 Å². The van der Waals surface area contributed by atoms with Crippen LogP contribution in [0.3, 0.4) is 0 Å². The summed E-state index contributed by atoms with van der Waals surface area (Å²) >= 11 is 0. The molecule has 0 radical (unpaired) electrons. The molecule has 0 spiro atoms. The van der Waals surface area contributed by atoms with E-state index in [1.807, 2.05) is 30.3 Å². The van der Waals surface area contributed by atoms with Gasteiger partial charge in [-0.25, -0.2) is 9.59 Å². The Bertz CT molecular complexity index is 732. The number of esters is 1. The third kappa shape index (κ3) is 6.79. The van der Waals surface area contributed by atoms with E-state index in [9.17, 15) is 14.4 Å². The second-order valence-corrected chi connectivity index (χ2v) is 6.88. The summed E-state index contributed by atoms with van der Waals surface area (Å²) in [6, 6.07) is 9.89. The summed E-state index contributed by atoms with van der Waals surface area (Å²) in [4.78, 5) is 38.6. The quantitative estimate of drug-likeness (QED) is 0.503. The molecule has 2 rings (SSSR count). The van der Waals surface area contributed by atoms with Gasteiger partial charge in [-0.3, -0.25) is 9.69 Å². The van der Waals surface area contributed by atoms with Gasteiger partial charge in [0, 0.05) is 13.0 Å². The third-order valence-electron chi connectivity index (χ3n) is 4.83. The minimum absolute atomic E-state index is 0.133. The summed E-state index contributed by atoms with van der Waals surface area (Å²) in [6.45, 7) is 0.560. The largest absolute Gasteiger partial charge is 0.467 e. The van der Waals surface area contributed by atoms with Crippen molar-refractivity contribution in [3.8, 4) is 6.07 Å². The normalized spacial score (nSPS) is 16.6. The Hall–Kier alpha value is -3.08. The molecule has 156 valence electrons. The van der Waals surface area contributed by atoms with Crippen LogP contribution in [0.15, 0.2) is 30.3 Å². The number of carbonyl (C=O) groups excluding carboxylic acids is 3. The van der Waals surface area contributed by atoms with E-state index >= 15 is 0 Å². The molecule has 0 aromatic heterocycles. The summed E-state index contributed by atoms with van der Waals surface area (Å²) in [6.07, 6.45) is 2.67. The molecule has 1 aromatic rings. The van der Waals surface area contributed by atoms with E-state index < -0.39 is 30.1 Å². The first-order chi connectivity index (χ1) is 14.1. The molecule has 1 N–H and O–H groups in total. The van der Waals surface area contributed by atoms with Crippen LogP contribution in [0.2, 0.25) is 0 Å². The second-order valence-electron chi connectivity index (χ2n) is 6.88. The fourth-order valence-corrected chi connectivity index (χ4v) is 3.27. The number of hydrogen-bond donors (Lipinski definition) is 1.